The van der Waals surface area contributed by atoms with Crippen molar-refractivity contribution >= 4 is 15.9 Å². The fourth-order valence-corrected chi connectivity index (χ4v) is 1.83. The number of benzene rings is 1. The molecule has 0 atom stereocenters. The number of hydrogen-bond acceptors (Lipinski definition) is 1. The van der Waals surface area contributed by atoms with E-state index in [1.807, 2.05) is 26.1 Å². The van der Waals surface area contributed by atoms with Crippen LogP contribution in [-0.4, -0.2) is 13.6 Å². The maximum Gasteiger partial charge on any atom is 0.127 e. The second kappa shape index (κ2) is 6.81. The summed E-state index contributed by atoms with van der Waals surface area (Å²) in [5.74, 6) is -0.143. The van der Waals surface area contributed by atoms with Crippen LogP contribution in [0.4, 0.5) is 4.39 Å². The van der Waals surface area contributed by atoms with E-state index in [1.54, 1.807) is 0 Å². The highest BCUT2D eigenvalue weighted by Gasteiger charge is 2.03. The van der Waals surface area contributed by atoms with E-state index in [4.69, 9.17) is 0 Å². The van der Waals surface area contributed by atoms with Crippen molar-refractivity contribution in [2.24, 2.45) is 0 Å². The minimum atomic E-state index is -0.143. The summed E-state index contributed by atoms with van der Waals surface area (Å²) in [6.45, 7) is 3.00. The molecule has 0 heterocycles. The number of rotatable bonds is 5. The van der Waals surface area contributed by atoms with Gasteiger partial charge in [-0.2, -0.15) is 0 Å². The molecule has 0 aromatic heterocycles. The Hall–Kier alpha value is -0.670. The van der Waals surface area contributed by atoms with Gasteiger partial charge in [0.1, 0.15) is 5.82 Å². The van der Waals surface area contributed by atoms with Crippen molar-refractivity contribution in [3.05, 3.63) is 45.7 Å². The van der Waals surface area contributed by atoms with Crippen LogP contribution < -0.4 is 5.32 Å². The summed E-state index contributed by atoms with van der Waals surface area (Å²) < 4.78 is 14.3. The smallest absolute Gasteiger partial charge is 0.127 e. The Morgan fingerprint density at radius 2 is 2.25 bits per heavy atom. The Morgan fingerprint density at radius 1 is 1.50 bits per heavy atom. The van der Waals surface area contributed by atoms with E-state index in [9.17, 15) is 4.39 Å². The van der Waals surface area contributed by atoms with Crippen LogP contribution in [0.25, 0.3) is 0 Å². The molecule has 0 aliphatic rings. The minimum absolute atomic E-state index is 0.143. The third kappa shape index (κ3) is 4.45. The van der Waals surface area contributed by atoms with Gasteiger partial charge in [-0.1, -0.05) is 33.6 Å². The summed E-state index contributed by atoms with van der Waals surface area (Å²) in [6.07, 6.45) is 3.82. The van der Waals surface area contributed by atoms with Gasteiger partial charge in [0.05, 0.1) is 0 Å². The standard InChI is InChI=1S/C13H17BrFN/c1-10(4-3-7-16-2)8-11-5-6-12(14)9-13(11)15/h4-6,9,16H,3,7-8H2,1-2H3. The van der Waals surface area contributed by atoms with E-state index in [-0.39, 0.29) is 5.82 Å². The molecule has 0 spiro atoms. The molecule has 0 saturated carbocycles. The van der Waals surface area contributed by atoms with Crippen molar-refractivity contribution in [1.82, 2.24) is 5.32 Å². The van der Waals surface area contributed by atoms with Gasteiger partial charge >= 0.3 is 0 Å². The molecule has 0 amide bonds. The third-order valence-corrected chi connectivity index (χ3v) is 2.86. The second-order valence-corrected chi connectivity index (χ2v) is 4.77. The zero-order valence-electron chi connectivity index (χ0n) is 9.69. The Labute approximate surface area is 105 Å². The van der Waals surface area contributed by atoms with Crippen LogP contribution in [0.1, 0.15) is 18.9 Å². The molecule has 88 valence electrons. The lowest BCUT2D eigenvalue weighted by Gasteiger charge is -2.04. The Morgan fingerprint density at radius 3 is 2.88 bits per heavy atom. The van der Waals surface area contributed by atoms with Gasteiger partial charge in [-0.05, 0) is 51.1 Å². The van der Waals surface area contributed by atoms with Gasteiger partial charge in [-0.15, -0.1) is 0 Å². The minimum Gasteiger partial charge on any atom is -0.319 e. The van der Waals surface area contributed by atoms with Gasteiger partial charge in [-0.3, -0.25) is 0 Å². The molecule has 16 heavy (non-hydrogen) atoms. The molecule has 1 rings (SSSR count). The maximum absolute atomic E-state index is 13.5. The highest BCUT2D eigenvalue weighted by molar-refractivity contribution is 9.10. The molecule has 3 heteroatoms. The molecular formula is C13H17BrFN. The summed E-state index contributed by atoms with van der Waals surface area (Å²) in [6, 6.07) is 5.21. The molecule has 0 unspecified atom stereocenters. The first-order valence-electron chi connectivity index (χ1n) is 5.37. The van der Waals surface area contributed by atoms with Gasteiger partial charge in [-0.25, -0.2) is 4.39 Å². The van der Waals surface area contributed by atoms with Crippen LogP contribution in [0.5, 0.6) is 0 Å². The summed E-state index contributed by atoms with van der Waals surface area (Å²) in [5, 5.41) is 3.08. The lowest BCUT2D eigenvalue weighted by atomic mass is 10.1. The molecule has 1 aromatic carbocycles. The van der Waals surface area contributed by atoms with Crippen molar-refractivity contribution in [2.75, 3.05) is 13.6 Å². The zero-order valence-corrected chi connectivity index (χ0v) is 11.3. The molecule has 0 aliphatic carbocycles. The van der Waals surface area contributed by atoms with E-state index >= 15 is 0 Å². The average Bonchev–Trinajstić information content (AvgIpc) is 2.23. The largest absolute Gasteiger partial charge is 0.319 e. The first-order valence-corrected chi connectivity index (χ1v) is 6.17. The van der Waals surface area contributed by atoms with E-state index < -0.39 is 0 Å². The molecule has 0 bridgehead atoms. The van der Waals surface area contributed by atoms with Gasteiger partial charge in [0.15, 0.2) is 0 Å². The molecule has 1 N–H and O–H groups in total. The number of halogens is 2. The highest BCUT2D eigenvalue weighted by atomic mass is 79.9. The SMILES string of the molecule is CNCCC=C(C)Cc1ccc(Br)cc1F. The number of nitrogens with one attached hydrogen (secondary N) is 1. The fourth-order valence-electron chi connectivity index (χ4n) is 1.50. The van der Waals surface area contributed by atoms with Crippen LogP contribution in [0.3, 0.4) is 0 Å². The monoisotopic (exact) mass is 285 g/mol. The first kappa shape index (κ1) is 13.4. The van der Waals surface area contributed by atoms with Crippen molar-refractivity contribution in [3.8, 4) is 0 Å². The summed E-state index contributed by atoms with van der Waals surface area (Å²) in [4.78, 5) is 0. The molecule has 1 aromatic rings. The normalized spacial score (nSPS) is 11.9. The van der Waals surface area contributed by atoms with Crippen LogP contribution in [-0.2, 0) is 6.42 Å². The fraction of sp³-hybridized carbons (Fsp3) is 0.385. The number of allylic oxidation sites excluding steroid dienone is 1. The predicted molar refractivity (Wildman–Crippen MR) is 70.1 cm³/mol. The Bertz CT molecular complexity index is 374. The van der Waals surface area contributed by atoms with Crippen LogP contribution in [0.15, 0.2) is 34.3 Å². The highest BCUT2D eigenvalue weighted by Crippen LogP contribution is 2.17. The molecule has 0 aliphatic heterocycles. The topological polar surface area (TPSA) is 12.0 Å². The van der Waals surface area contributed by atoms with Crippen molar-refractivity contribution in [1.29, 1.82) is 0 Å². The van der Waals surface area contributed by atoms with Crippen molar-refractivity contribution in [3.63, 3.8) is 0 Å². The van der Waals surface area contributed by atoms with E-state index in [2.05, 4.69) is 27.3 Å². The third-order valence-electron chi connectivity index (χ3n) is 2.37. The van der Waals surface area contributed by atoms with E-state index in [0.717, 1.165) is 23.0 Å². The van der Waals surface area contributed by atoms with Crippen LogP contribution >= 0.6 is 15.9 Å². The maximum atomic E-state index is 13.5. The van der Waals surface area contributed by atoms with Crippen LogP contribution in [0.2, 0.25) is 0 Å². The molecular weight excluding hydrogens is 269 g/mol. The van der Waals surface area contributed by atoms with E-state index in [0.29, 0.717) is 6.42 Å². The number of hydrogen-bond donors (Lipinski definition) is 1. The van der Waals surface area contributed by atoms with E-state index in [1.165, 1.54) is 11.6 Å². The summed E-state index contributed by atoms with van der Waals surface area (Å²) >= 11 is 3.25. The summed E-state index contributed by atoms with van der Waals surface area (Å²) in [7, 11) is 1.93. The zero-order chi connectivity index (χ0) is 12.0. The van der Waals surface area contributed by atoms with Gasteiger partial charge in [0.2, 0.25) is 0 Å². The second-order valence-electron chi connectivity index (χ2n) is 3.86. The van der Waals surface area contributed by atoms with Gasteiger partial charge in [0.25, 0.3) is 0 Å². The quantitative estimate of drug-likeness (QED) is 0.643. The van der Waals surface area contributed by atoms with Gasteiger partial charge < -0.3 is 5.32 Å². The van der Waals surface area contributed by atoms with Crippen molar-refractivity contribution in [2.45, 2.75) is 19.8 Å². The molecule has 1 nitrogen and oxygen atoms in total. The first-order chi connectivity index (χ1) is 7.63. The van der Waals surface area contributed by atoms with Crippen molar-refractivity contribution < 1.29 is 4.39 Å². The lowest BCUT2D eigenvalue weighted by molar-refractivity contribution is 0.612. The predicted octanol–water partition coefficient (Wildman–Crippen LogP) is 3.69. The molecule has 0 fully saturated rings. The Kier molecular flexibility index (Phi) is 5.71. The average molecular weight is 286 g/mol. The molecule has 0 saturated heterocycles. The molecule has 0 radical (unpaired) electrons. The van der Waals surface area contributed by atoms with Crippen LogP contribution in [0, 0.1) is 5.82 Å². The Balaban J connectivity index is 2.62. The lowest BCUT2D eigenvalue weighted by Crippen LogP contribution is -2.06. The van der Waals surface area contributed by atoms with Gasteiger partial charge in [0, 0.05) is 4.47 Å². The summed E-state index contributed by atoms with van der Waals surface area (Å²) in [5.41, 5.74) is 1.96.